The van der Waals surface area contributed by atoms with Crippen LogP contribution in [0.4, 0.5) is 10.1 Å². The van der Waals surface area contributed by atoms with Crippen LogP contribution in [0.5, 0.6) is 0 Å². The van der Waals surface area contributed by atoms with E-state index in [9.17, 15) is 4.39 Å². The monoisotopic (exact) mass is 367 g/mol. The standard InChI is InChI=1S/C15H12BrClFN3/c16-11-6-5-9(17)7-10(11)14-8-20-15(19)21(14)13-4-2-1-3-12(13)18/h1-7,14H,8H2,(H2,19,20). The first kappa shape index (κ1) is 14.4. The van der Waals surface area contributed by atoms with Gasteiger partial charge >= 0.3 is 0 Å². The smallest absolute Gasteiger partial charge is 0.196 e. The van der Waals surface area contributed by atoms with E-state index in [1.54, 1.807) is 29.2 Å². The maximum atomic E-state index is 14.1. The van der Waals surface area contributed by atoms with Crippen molar-refractivity contribution in [2.45, 2.75) is 6.04 Å². The molecule has 0 bridgehead atoms. The predicted octanol–water partition coefficient (Wildman–Crippen LogP) is 4.12. The molecule has 6 heteroatoms. The average molecular weight is 369 g/mol. The number of hydrogen-bond acceptors (Lipinski definition) is 3. The Balaban J connectivity index is 2.07. The molecule has 0 saturated carbocycles. The van der Waals surface area contributed by atoms with Gasteiger partial charge in [0.05, 0.1) is 18.3 Å². The number of rotatable bonds is 2. The van der Waals surface area contributed by atoms with Crippen molar-refractivity contribution >= 4 is 39.2 Å². The molecule has 108 valence electrons. The zero-order valence-corrected chi connectivity index (χ0v) is 13.3. The molecule has 2 aromatic carbocycles. The lowest BCUT2D eigenvalue weighted by Gasteiger charge is -2.27. The van der Waals surface area contributed by atoms with Crippen LogP contribution in [0.15, 0.2) is 51.9 Å². The van der Waals surface area contributed by atoms with Crippen LogP contribution in [0.1, 0.15) is 11.6 Å². The average Bonchev–Trinajstić information content (AvgIpc) is 2.84. The molecule has 2 N–H and O–H groups in total. The van der Waals surface area contributed by atoms with E-state index < -0.39 is 0 Å². The fourth-order valence-electron chi connectivity index (χ4n) is 2.44. The van der Waals surface area contributed by atoms with E-state index in [-0.39, 0.29) is 11.9 Å². The van der Waals surface area contributed by atoms with Crippen LogP contribution < -0.4 is 10.6 Å². The highest BCUT2D eigenvalue weighted by Crippen LogP contribution is 2.36. The largest absolute Gasteiger partial charge is 0.369 e. The number of aliphatic imine (C=N–C) groups is 1. The molecule has 21 heavy (non-hydrogen) atoms. The molecule has 0 amide bonds. The summed E-state index contributed by atoms with van der Waals surface area (Å²) in [5, 5.41) is 0.618. The van der Waals surface area contributed by atoms with Gasteiger partial charge in [-0.3, -0.25) is 4.99 Å². The Bertz CT molecular complexity index is 720. The molecule has 0 aromatic heterocycles. The van der Waals surface area contributed by atoms with Gasteiger partial charge in [-0.2, -0.15) is 0 Å². The second kappa shape index (κ2) is 5.66. The van der Waals surface area contributed by atoms with E-state index in [1.807, 2.05) is 12.1 Å². The maximum absolute atomic E-state index is 14.1. The summed E-state index contributed by atoms with van der Waals surface area (Å²) >= 11 is 9.58. The number of para-hydroxylation sites is 1. The lowest BCUT2D eigenvalue weighted by atomic mass is 10.1. The molecule has 0 saturated heterocycles. The van der Waals surface area contributed by atoms with Gasteiger partial charge in [-0.1, -0.05) is 39.7 Å². The highest BCUT2D eigenvalue weighted by molar-refractivity contribution is 9.10. The molecular formula is C15H12BrClFN3. The van der Waals surface area contributed by atoms with Gasteiger partial charge in [0.2, 0.25) is 0 Å². The number of guanidine groups is 1. The van der Waals surface area contributed by atoms with Gasteiger partial charge in [0.25, 0.3) is 0 Å². The second-order valence-corrected chi connectivity index (χ2v) is 5.99. The van der Waals surface area contributed by atoms with Crippen molar-refractivity contribution in [1.82, 2.24) is 0 Å². The van der Waals surface area contributed by atoms with Crippen molar-refractivity contribution in [1.29, 1.82) is 0 Å². The highest BCUT2D eigenvalue weighted by Gasteiger charge is 2.31. The fourth-order valence-corrected chi connectivity index (χ4v) is 3.13. The van der Waals surface area contributed by atoms with E-state index in [4.69, 9.17) is 17.3 Å². The molecule has 0 aliphatic carbocycles. The van der Waals surface area contributed by atoms with Gasteiger partial charge in [-0.05, 0) is 35.9 Å². The summed E-state index contributed by atoms with van der Waals surface area (Å²) in [5.74, 6) is -0.0299. The molecule has 3 rings (SSSR count). The van der Waals surface area contributed by atoms with Crippen molar-refractivity contribution in [3.8, 4) is 0 Å². The van der Waals surface area contributed by atoms with E-state index in [0.29, 0.717) is 23.2 Å². The zero-order chi connectivity index (χ0) is 15.0. The summed E-state index contributed by atoms with van der Waals surface area (Å²) in [6, 6.07) is 11.8. The molecule has 1 unspecified atom stereocenters. The SMILES string of the molecule is NC1=NCC(c2cc(Cl)ccc2Br)N1c1ccccc1F. The molecule has 0 fully saturated rings. The van der Waals surface area contributed by atoms with E-state index >= 15 is 0 Å². The van der Waals surface area contributed by atoms with Crippen molar-refractivity contribution in [3.05, 3.63) is 63.3 Å². The molecule has 1 heterocycles. The van der Waals surface area contributed by atoms with Crippen LogP contribution in [0, 0.1) is 5.82 Å². The number of nitrogens with two attached hydrogens (primary N) is 1. The minimum atomic E-state index is -0.333. The summed E-state index contributed by atoms with van der Waals surface area (Å²) in [7, 11) is 0. The summed E-state index contributed by atoms with van der Waals surface area (Å²) in [5.41, 5.74) is 7.29. The van der Waals surface area contributed by atoms with Crippen molar-refractivity contribution in [2.24, 2.45) is 10.7 Å². The normalized spacial score (nSPS) is 18.0. The third-order valence-corrected chi connectivity index (χ3v) is 4.37. The molecule has 1 aliphatic heterocycles. The Morgan fingerprint density at radius 1 is 1.29 bits per heavy atom. The first-order valence-electron chi connectivity index (χ1n) is 6.36. The van der Waals surface area contributed by atoms with Gasteiger partial charge in [-0.25, -0.2) is 4.39 Å². The predicted molar refractivity (Wildman–Crippen MR) is 87.3 cm³/mol. The number of anilines is 1. The van der Waals surface area contributed by atoms with Gasteiger partial charge in [0.1, 0.15) is 5.82 Å². The summed E-state index contributed by atoms with van der Waals surface area (Å²) in [6.07, 6.45) is 0. The van der Waals surface area contributed by atoms with Crippen LogP contribution in [0.2, 0.25) is 5.02 Å². The third-order valence-electron chi connectivity index (χ3n) is 3.41. The topological polar surface area (TPSA) is 41.6 Å². The molecule has 1 aliphatic rings. The number of hydrogen-bond donors (Lipinski definition) is 1. The van der Waals surface area contributed by atoms with Crippen LogP contribution in [0.3, 0.4) is 0 Å². The molecule has 2 aromatic rings. The Kier molecular flexibility index (Phi) is 3.87. The van der Waals surface area contributed by atoms with Crippen LogP contribution in [-0.2, 0) is 0 Å². The lowest BCUT2D eigenvalue weighted by Crippen LogP contribution is -2.36. The Labute approximate surface area is 135 Å². The summed E-state index contributed by atoms with van der Waals surface area (Å²) in [6.45, 7) is 0.457. The molecule has 3 nitrogen and oxygen atoms in total. The van der Waals surface area contributed by atoms with Crippen LogP contribution in [0.25, 0.3) is 0 Å². The van der Waals surface area contributed by atoms with E-state index in [2.05, 4.69) is 20.9 Å². The summed E-state index contributed by atoms with van der Waals surface area (Å²) < 4.78 is 15.0. The van der Waals surface area contributed by atoms with Crippen LogP contribution in [-0.4, -0.2) is 12.5 Å². The minimum absolute atomic E-state index is 0.185. The van der Waals surface area contributed by atoms with Crippen LogP contribution >= 0.6 is 27.5 Å². The summed E-state index contributed by atoms with van der Waals surface area (Å²) in [4.78, 5) is 5.95. The quantitative estimate of drug-likeness (QED) is 0.866. The van der Waals surface area contributed by atoms with Gasteiger partial charge < -0.3 is 10.6 Å². The first-order valence-corrected chi connectivity index (χ1v) is 7.53. The number of nitrogens with zero attached hydrogens (tertiary/aromatic N) is 2. The fraction of sp³-hybridized carbons (Fsp3) is 0.133. The number of benzene rings is 2. The minimum Gasteiger partial charge on any atom is -0.369 e. The van der Waals surface area contributed by atoms with E-state index in [0.717, 1.165) is 10.0 Å². The zero-order valence-electron chi connectivity index (χ0n) is 10.9. The van der Waals surface area contributed by atoms with Gasteiger partial charge in [-0.15, -0.1) is 0 Å². The maximum Gasteiger partial charge on any atom is 0.196 e. The first-order chi connectivity index (χ1) is 10.1. The van der Waals surface area contributed by atoms with Crippen molar-refractivity contribution < 1.29 is 4.39 Å². The molecule has 1 atom stereocenters. The third kappa shape index (κ3) is 2.63. The van der Waals surface area contributed by atoms with Crippen molar-refractivity contribution in [2.75, 3.05) is 11.4 Å². The van der Waals surface area contributed by atoms with E-state index in [1.165, 1.54) is 6.07 Å². The Hall–Kier alpha value is -1.59. The Morgan fingerprint density at radius 2 is 2.05 bits per heavy atom. The van der Waals surface area contributed by atoms with Gasteiger partial charge in [0.15, 0.2) is 5.96 Å². The second-order valence-electron chi connectivity index (χ2n) is 4.70. The lowest BCUT2D eigenvalue weighted by molar-refractivity contribution is 0.619. The molecule has 0 radical (unpaired) electrons. The number of halogens is 3. The Morgan fingerprint density at radius 3 is 2.81 bits per heavy atom. The molecular weight excluding hydrogens is 357 g/mol. The van der Waals surface area contributed by atoms with Gasteiger partial charge in [0, 0.05) is 9.50 Å². The highest BCUT2D eigenvalue weighted by atomic mass is 79.9. The van der Waals surface area contributed by atoms with Crippen molar-refractivity contribution in [3.63, 3.8) is 0 Å². The molecule has 0 spiro atoms.